The van der Waals surface area contributed by atoms with Gasteiger partial charge in [0.25, 0.3) is 0 Å². The summed E-state index contributed by atoms with van der Waals surface area (Å²) in [5.41, 5.74) is 0.256. The summed E-state index contributed by atoms with van der Waals surface area (Å²) < 4.78 is 10.6. The van der Waals surface area contributed by atoms with Crippen molar-refractivity contribution < 1.29 is 19.4 Å². The molecular weight excluding hydrogens is 220 g/mol. The number of hydrogen-bond donors (Lipinski definition) is 1. The third kappa shape index (κ3) is 5.17. The summed E-state index contributed by atoms with van der Waals surface area (Å²) in [6.07, 6.45) is 2.49. The Bertz CT molecular complexity index is 356. The van der Waals surface area contributed by atoms with Gasteiger partial charge >= 0.3 is 5.97 Å². The van der Waals surface area contributed by atoms with Crippen LogP contribution in [0.1, 0.15) is 16.8 Å². The van der Waals surface area contributed by atoms with Crippen molar-refractivity contribution >= 4 is 5.97 Å². The Morgan fingerprint density at radius 1 is 1.29 bits per heavy atom. The highest BCUT2D eigenvalue weighted by Crippen LogP contribution is 2.12. The molecule has 0 aliphatic carbocycles. The third-order valence-corrected chi connectivity index (χ3v) is 2.04. The predicted molar refractivity (Wildman–Crippen MR) is 64.5 cm³/mol. The summed E-state index contributed by atoms with van der Waals surface area (Å²) in [6.45, 7) is 5.26. The minimum Gasteiger partial charge on any atom is -0.494 e. The van der Waals surface area contributed by atoms with E-state index in [2.05, 4.69) is 6.58 Å². The molecule has 0 spiro atoms. The van der Waals surface area contributed by atoms with Gasteiger partial charge in [0.1, 0.15) is 5.75 Å². The van der Waals surface area contributed by atoms with Gasteiger partial charge in [0, 0.05) is 6.42 Å². The maximum absolute atomic E-state index is 10.6. The minimum absolute atomic E-state index is 0.256. The van der Waals surface area contributed by atoms with Crippen molar-refractivity contribution in [3.8, 4) is 5.75 Å². The molecule has 1 N–H and O–H groups in total. The molecule has 1 aromatic carbocycles. The number of carboxylic acids is 1. The second kappa shape index (κ2) is 7.46. The molecule has 0 aromatic heterocycles. The highest BCUT2D eigenvalue weighted by atomic mass is 16.5. The Morgan fingerprint density at radius 2 is 2.00 bits per heavy atom. The van der Waals surface area contributed by atoms with Crippen LogP contribution in [-0.2, 0) is 4.74 Å². The lowest BCUT2D eigenvalue weighted by atomic mass is 10.2. The maximum Gasteiger partial charge on any atom is 0.335 e. The summed E-state index contributed by atoms with van der Waals surface area (Å²) in [5, 5.41) is 8.71. The topological polar surface area (TPSA) is 55.8 Å². The van der Waals surface area contributed by atoms with Gasteiger partial charge in [-0.3, -0.25) is 0 Å². The van der Waals surface area contributed by atoms with E-state index in [0.717, 1.165) is 6.42 Å². The first kappa shape index (κ1) is 13.3. The van der Waals surface area contributed by atoms with Gasteiger partial charge in [-0.05, 0) is 24.3 Å². The molecule has 0 radical (unpaired) electrons. The first-order valence-electron chi connectivity index (χ1n) is 5.39. The number of hydrogen-bond acceptors (Lipinski definition) is 3. The third-order valence-electron chi connectivity index (χ3n) is 2.04. The van der Waals surface area contributed by atoms with Crippen LogP contribution in [0.3, 0.4) is 0 Å². The molecule has 0 fully saturated rings. The molecule has 1 rings (SSSR count). The first-order valence-corrected chi connectivity index (χ1v) is 5.39. The normalized spacial score (nSPS) is 9.88. The van der Waals surface area contributed by atoms with Crippen molar-refractivity contribution in [2.45, 2.75) is 6.42 Å². The largest absolute Gasteiger partial charge is 0.494 e. The number of aromatic carboxylic acids is 1. The molecule has 4 nitrogen and oxygen atoms in total. The van der Waals surface area contributed by atoms with Crippen LogP contribution < -0.4 is 4.74 Å². The van der Waals surface area contributed by atoms with E-state index in [0.29, 0.717) is 25.6 Å². The Labute approximate surface area is 100 Å². The maximum atomic E-state index is 10.6. The van der Waals surface area contributed by atoms with Crippen molar-refractivity contribution in [3.63, 3.8) is 0 Å². The zero-order valence-electron chi connectivity index (χ0n) is 9.59. The van der Waals surface area contributed by atoms with E-state index in [9.17, 15) is 4.79 Å². The second-order valence-electron chi connectivity index (χ2n) is 3.40. The molecule has 0 bridgehead atoms. The van der Waals surface area contributed by atoms with Gasteiger partial charge in [-0.2, -0.15) is 0 Å². The molecule has 0 atom stereocenters. The lowest BCUT2D eigenvalue weighted by molar-refractivity contribution is 0.0697. The van der Waals surface area contributed by atoms with E-state index in [4.69, 9.17) is 14.6 Å². The molecular formula is C13H16O4. The van der Waals surface area contributed by atoms with Crippen LogP contribution in [0.2, 0.25) is 0 Å². The lowest BCUT2D eigenvalue weighted by Gasteiger charge is -2.06. The van der Waals surface area contributed by atoms with Gasteiger partial charge in [0.05, 0.1) is 25.4 Å². The zero-order chi connectivity index (χ0) is 12.5. The standard InChI is InChI=1S/C13H16O4/c1-2-8-16-9-3-10-17-12-6-4-11(5-7-12)13(14)15/h2,4-7H,1,3,8-10H2,(H,14,15). The summed E-state index contributed by atoms with van der Waals surface area (Å²) in [5.74, 6) is -0.270. The number of ether oxygens (including phenoxy) is 2. The molecule has 17 heavy (non-hydrogen) atoms. The molecule has 0 unspecified atom stereocenters. The number of benzene rings is 1. The number of carboxylic acid groups (broad SMARTS) is 1. The zero-order valence-corrected chi connectivity index (χ0v) is 9.59. The smallest absolute Gasteiger partial charge is 0.335 e. The summed E-state index contributed by atoms with van der Waals surface area (Å²) in [4.78, 5) is 10.6. The highest BCUT2D eigenvalue weighted by molar-refractivity contribution is 5.87. The average Bonchev–Trinajstić information content (AvgIpc) is 2.34. The van der Waals surface area contributed by atoms with Crippen molar-refractivity contribution in [1.82, 2.24) is 0 Å². The van der Waals surface area contributed by atoms with Gasteiger partial charge in [0.2, 0.25) is 0 Å². The van der Waals surface area contributed by atoms with Gasteiger partial charge in [-0.1, -0.05) is 6.08 Å². The Kier molecular flexibility index (Phi) is 5.82. The van der Waals surface area contributed by atoms with Crippen LogP contribution in [0, 0.1) is 0 Å². The van der Waals surface area contributed by atoms with Gasteiger partial charge in [0.15, 0.2) is 0 Å². The van der Waals surface area contributed by atoms with Crippen LogP contribution in [0.4, 0.5) is 0 Å². The van der Waals surface area contributed by atoms with E-state index < -0.39 is 5.97 Å². The Hall–Kier alpha value is -1.81. The molecule has 0 heterocycles. The quantitative estimate of drug-likeness (QED) is 0.556. The number of rotatable bonds is 8. The van der Waals surface area contributed by atoms with Crippen LogP contribution in [0.5, 0.6) is 5.75 Å². The fraction of sp³-hybridized carbons (Fsp3) is 0.308. The van der Waals surface area contributed by atoms with Crippen LogP contribution in [0.25, 0.3) is 0 Å². The lowest BCUT2D eigenvalue weighted by Crippen LogP contribution is -2.03. The Morgan fingerprint density at radius 3 is 2.59 bits per heavy atom. The summed E-state index contributed by atoms with van der Waals surface area (Å²) >= 11 is 0. The average molecular weight is 236 g/mol. The molecule has 92 valence electrons. The van der Waals surface area contributed by atoms with Crippen molar-refractivity contribution in [3.05, 3.63) is 42.5 Å². The predicted octanol–water partition coefficient (Wildman–Crippen LogP) is 2.36. The van der Waals surface area contributed by atoms with Crippen molar-refractivity contribution in [2.75, 3.05) is 19.8 Å². The first-order chi connectivity index (χ1) is 8.24. The van der Waals surface area contributed by atoms with Gasteiger partial charge in [-0.15, -0.1) is 6.58 Å². The van der Waals surface area contributed by atoms with Crippen LogP contribution >= 0.6 is 0 Å². The van der Waals surface area contributed by atoms with Gasteiger partial charge in [-0.25, -0.2) is 4.79 Å². The van der Waals surface area contributed by atoms with Crippen molar-refractivity contribution in [2.24, 2.45) is 0 Å². The molecule has 0 saturated heterocycles. The fourth-order valence-corrected chi connectivity index (χ4v) is 1.21. The molecule has 1 aromatic rings. The van der Waals surface area contributed by atoms with E-state index in [-0.39, 0.29) is 5.56 Å². The van der Waals surface area contributed by atoms with Crippen LogP contribution in [-0.4, -0.2) is 30.9 Å². The van der Waals surface area contributed by atoms with E-state index in [1.807, 2.05) is 0 Å². The molecule has 0 aliphatic rings. The van der Waals surface area contributed by atoms with Crippen molar-refractivity contribution in [1.29, 1.82) is 0 Å². The molecule has 0 saturated carbocycles. The van der Waals surface area contributed by atoms with Gasteiger partial charge < -0.3 is 14.6 Å². The number of carbonyl (C=O) groups is 1. The van der Waals surface area contributed by atoms with E-state index in [1.165, 1.54) is 12.1 Å². The highest BCUT2D eigenvalue weighted by Gasteiger charge is 2.01. The van der Waals surface area contributed by atoms with Crippen LogP contribution in [0.15, 0.2) is 36.9 Å². The Balaban J connectivity index is 2.23. The molecule has 0 aliphatic heterocycles. The second-order valence-corrected chi connectivity index (χ2v) is 3.40. The SMILES string of the molecule is C=CCOCCCOc1ccc(C(=O)O)cc1. The monoisotopic (exact) mass is 236 g/mol. The summed E-state index contributed by atoms with van der Waals surface area (Å²) in [6, 6.07) is 6.33. The molecule has 4 heteroatoms. The summed E-state index contributed by atoms with van der Waals surface area (Å²) in [7, 11) is 0. The van der Waals surface area contributed by atoms with E-state index >= 15 is 0 Å². The minimum atomic E-state index is -0.936. The fourth-order valence-electron chi connectivity index (χ4n) is 1.21. The van der Waals surface area contributed by atoms with E-state index in [1.54, 1.807) is 18.2 Å². The molecule has 0 amide bonds.